The maximum absolute atomic E-state index is 6.04. The molecule has 0 aliphatic heterocycles. The average molecular weight is 397 g/mol. The summed E-state index contributed by atoms with van der Waals surface area (Å²) < 4.78 is 6.11. The summed E-state index contributed by atoms with van der Waals surface area (Å²) >= 11 is 2.22. The van der Waals surface area contributed by atoms with E-state index in [2.05, 4.69) is 48.3 Å². The van der Waals surface area contributed by atoms with Crippen LogP contribution in [0.15, 0.2) is 24.3 Å². The molecule has 21 heavy (non-hydrogen) atoms. The van der Waals surface area contributed by atoms with Gasteiger partial charge in [0.05, 0.1) is 16.4 Å². The number of methoxy groups -OCH3 is 1. The first kappa shape index (κ1) is 16.0. The number of halogens is 1. The minimum absolute atomic E-state index is 0.0533. The molecule has 0 aliphatic carbocycles. The minimum Gasteiger partial charge on any atom is -0.497 e. The molecule has 0 spiro atoms. The van der Waals surface area contributed by atoms with Gasteiger partial charge in [-0.15, -0.1) is 0 Å². The summed E-state index contributed by atoms with van der Waals surface area (Å²) in [7, 11) is 1.66. The van der Waals surface area contributed by atoms with Crippen LogP contribution in [0.1, 0.15) is 37.9 Å². The number of rotatable bonds is 3. The summed E-state index contributed by atoms with van der Waals surface area (Å²) in [5.74, 6) is 2.15. The standard InChI is InChI=1S/C16H20IN3O/c1-16(2,3)14-13(17)15(18)20-12(19-14)9-10-5-7-11(21-4)8-6-10/h5-8H,9H2,1-4H3,(H2,18,19,20). The number of anilines is 1. The van der Waals surface area contributed by atoms with Crippen LogP contribution < -0.4 is 10.5 Å². The van der Waals surface area contributed by atoms with E-state index in [0.717, 1.165) is 26.4 Å². The fraction of sp³-hybridized carbons (Fsp3) is 0.375. The Morgan fingerprint density at radius 2 is 1.76 bits per heavy atom. The van der Waals surface area contributed by atoms with Gasteiger partial charge in [-0.25, -0.2) is 9.97 Å². The topological polar surface area (TPSA) is 61.0 Å². The second-order valence-electron chi connectivity index (χ2n) is 5.96. The van der Waals surface area contributed by atoms with Crippen LogP contribution in [0.4, 0.5) is 5.82 Å². The number of nitrogens with zero attached hydrogens (tertiary/aromatic N) is 2. The van der Waals surface area contributed by atoms with Gasteiger partial charge >= 0.3 is 0 Å². The van der Waals surface area contributed by atoms with E-state index in [0.29, 0.717) is 12.2 Å². The summed E-state index contributed by atoms with van der Waals surface area (Å²) in [6, 6.07) is 7.92. The van der Waals surface area contributed by atoms with Crippen LogP contribution in [0, 0.1) is 3.57 Å². The number of hydrogen-bond acceptors (Lipinski definition) is 4. The van der Waals surface area contributed by atoms with Crippen molar-refractivity contribution < 1.29 is 4.74 Å². The average Bonchev–Trinajstić information content (AvgIpc) is 2.42. The van der Waals surface area contributed by atoms with Crippen molar-refractivity contribution in [2.24, 2.45) is 0 Å². The molecule has 0 amide bonds. The Bertz CT molecular complexity index is 633. The smallest absolute Gasteiger partial charge is 0.140 e. The SMILES string of the molecule is COc1ccc(Cc2nc(N)c(I)c(C(C)(C)C)n2)cc1. The molecule has 0 saturated heterocycles. The molecule has 0 radical (unpaired) electrons. The molecule has 1 aromatic heterocycles. The molecule has 5 heteroatoms. The van der Waals surface area contributed by atoms with Gasteiger partial charge in [0, 0.05) is 11.8 Å². The highest BCUT2D eigenvalue weighted by Crippen LogP contribution is 2.28. The van der Waals surface area contributed by atoms with Crippen molar-refractivity contribution in [2.75, 3.05) is 12.8 Å². The third kappa shape index (κ3) is 3.84. The second-order valence-corrected chi connectivity index (χ2v) is 7.04. The largest absolute Gasteiger partial charge is 0.497 e. The summed E-state index contributed by atoms with van der Waals surface area (Å²) in [6.45, 7) is 6.40. The highest BCUT2D eigenvalue weighted by molar-refractivity contribution is 14.1. The van der Waals surface area contributed by atoms with E-state index in [-0.39, 0.29) is 5.41 Å². The van der Waals surface area contributed by atoms with Crippen LogP contribution in [-0.4, -0.2) is 17.1 Å². The van der Waals surface area contributed by atoms with Crippen LogP contribution in [0.2, 0.25) is 0 Å². The van der Waals surface area contributed by atoms with E-state index in [9.17, 15) is 0 Å². The lowest BCUT2D eigenvalue weighted by molar-refractivity contribution is 0.414. The zero-order valence-electron chi connectivity index (χ0n) is 12.8. The molecular weight excluding hydrogens is 377 g/mol. The van der Waals surface area contributed by atoms with E-state index in [1.807, 2.05) is 24.3 Å². The van der Waals surface area contributed by atoms with Gasteiger partial charge in [-0.3, -0.25) is 0 Å². The third-order valence-electron chi connectivity index (χ3n) is 3.15. The molecule has 0 bridgehead atoms. The monoisotopic (exact) mass is 397 g/mol. The Hall–Kier alpha value is -1.37. The summed E-state index contributed by atoms with van der Waals surface area (Å²) in [4.78, 5) is 9.13. The molecule has 4 nitrogen and oxygen atoms in total. The van der Waals surface area contributed by atoms with E-state index >= 15 is 0 Å². The molecule has 0 aliphatic rings. The van der Waals surface area contributed by atoms with E-state index in [1.165, 1.54) is 0 Å². The van der Waals surface area contributed by atoms with Crippen LogP contribution in [-0.2, 0) is 11.8 Å². The van der Waals surface area contributed by atoms with Crippen molar-refractivity contribution in [1.82, 2.24) is 9.97 Å². The molecule has 0 fully saturated rings. The lowest BCUT2D eigenvalue weighted by Gasteiger charge is -2.21. The van der Waals surface area contributed by atoms with Gasteiger partial charge in [-0.05, 0) is 40.3 Å². The van der Waals surface area contributed by atoms with Crippen LogP contribution in [0.5, 0.6) is 5.75 Å². The van der Waals surface area contributed by atoms with Crippen LogP contribution in [0.25, 0.3) is 0 Å². The number of benzene rings is 1. The van der Waals surface area contributed by atoms with Gasteiger partial charge < -0.3 is 10.5 Å². The Balaban J connectivity index is 2.33. The van der Waals surface area contributed by atoms with Crippen molar-refractivity contribution in [3.63, 3.8) is 0 Å². The first-order valence-corrected chi connectivity index (χ1v) is 7.84. The molecule has 1 aromatic carbocycles. The van der Waals surface area contributed by atoms with Gasteiger partial charge in [0.1, 0.15) is 17.4 Å². The van der Waals surface area contributed by atoms with Gasteiger partial charge in [0.25, 0.3) is 0 Å². The summed E-state index contributed by atoms with van der Waals surface area (Å²) in [5, 5.41) is 0. The molecule has 0 atom stereocenters. The van der Waals surface area contributed by atoms with Crippen LogP contribution >= 0.6 is 22.6 Å². The van der Waals surface area contributed by atoms with Gasteiger partial charge in [0.15, 0.2) is 0 Å². The third-order valence-corrected chi connectivity index (χ3v) is 4.22. The Labute approximate surface area is 139 Å². The quantitative estimate of drug-likeness (QED) is 0.805. The maximum Gasteiger partial charge on any atom is 0.140 e. The highest BCUT2D eigenvalue weighted by Gasteiger charge is 2.22. The molecule has 2 rings (SSSR count). The Morgan fingerprint density at radius 3 is 2.29 bits per heavy atom. The predicted octanol–water partition coefficient (Wildman–Crippen LogP) is 3.56. The molecule has 0 saturated carbocycles. The van der Waals surface area contributed by atoms with Crippen molar-refractivity contribution in [1.29, 1.82) is 0 Å². The minimum atomic E-state index is -0.0533. The lowest BCUT2D eigenvalue weighted by atomic mass is 9.92. The zero-order valence-corrected chi connectivity index (χ0v) is 14.9. The molecule has 0 unspecified atom stereocenters. The normalized spacial score (nSPS) is 11.5. The predicted molar refractivity (Wildman–Crippen MR) is 93.7 cm³/mol. The number of aromatic nitrogens is 2. The molecule has 2 N–H and O–H groups in total. The molecule has 2 aromatic rings. The zero-order chi connectivity index (χ0) is 15.6. The maximum atomic E-state index is 6.04. The summed E-state index contributed by atoms with van der Waals surface area (Å²) in [5.41, 5.74) is 8.12. The fourth-order valence-electron chi connectivity index (χ4n) is 2.01. The number of ether oxygens (including phenoxy) is 1. The summed E-state index contributed by atoms with van der Waals surface area (Å²) in [6.07, 6.45) is 0.661. The van der Waals surface area contributed by atoms with E-state index < -0.39 is 0 Å². The Kier molecular flexibility index (Phi) is 4.70. The van der Waals surface area contributed by atoms with Gasteiger partial charge in [0.2, 0.25) is 0 Å². The number of nitrogens with two attached hydrogens (primary N) is 1. The van der Waals surface area contributed by atoms with E-state index in [4.69, 9.17) is 15.5 Å². The van der Waals surface area contributed by atoms with Crippen molar-refractivity contribution in [2.45, 2.75) is 32.6 Å². The molecule has 112 valence electrons. The van der Waals surface area contributed by atoms with Gasteiger partial charge in [-0.2, -0.15) is 0 Å². The van der Waals surface area contributed by atoms with Crippen molar-refractivity contribution in [3.05, 3.63) is 44.9 Å². The molecule has 1 heterocycles. The first-order valence-electron chi connectivity index (χ1n) is 6.76. The fourth-order valence-corrected chi connectivity index (χ4v) is 3.06. The van der Waals surface area contributed by atoms with E-state index in [1.54, 1.807) is 7.11 Å². The Morgan fingerprint density at radius 1 is 1.14 bits per heavy atom. The molecular formula is C16H20IN3O. The first-order chi connectivity index (χ1) is 9.81. The van der Waals surface area contributed by atoms with Crippen LogP contribution in [0.3, 0.4) is 0 Å². The van der Waals surface area contributed by atoms with Crippen molar-refractivity contribution >= 4 is 28.4 Å². The second kappa shape index (κ2) is 6.17. The lowest BCUT2D eigenvalue weighted by Crippen LogP contribution is -2.19. The highest BCUT2D eigenvalue weighted by atomic mass is 127. The number of nitrogen functional groups attached to an aromatic ring is 1. The van der Waals surface area contributed by atoms with Crippen molar-refractivity contribution in [3.8, 4) is 5.75 Å². The van der Waals surface area contributed by atoms with Gasteiger partial charge in [-0.1, -0.05) is 32.9 Å². The number of hydrogen-bond donors (Lipinski definition) is 1.